The monoisotopic (exact) mass is 287 g/mol. The summed E-state index contributed by atoms with van der Waals surface area (Å²) in [6, 6.07) is 7.40. The van der Waals surface area contributed by atoms with Crippen LogP contribution in [-0.4, -0.2) is 20.9 Å². The largest absolute Gasteiger partial charge is 0.324 e. The second-order valence-corrected chi connectivity index (χ2v) is 5.31. The first-order chi connectivity index (χ1) is 9.63. The number of rotatable bonds is 3. The summed E-state index contributed by atoms with van der Waals surface area (Å²) in [4.78, 5) is 23.6. The Hall–Kier alpha value is -2.25. The lowest BCUT2D eigenvalue weighted by atomic mass is 10.3. The highest BCUT2D eigenvalue weighted by atomic mass is 32.1. The molecular weight excluding hydrogens is 274 g/mol. The molecule has 1 atom stereocenters. The summed E-state index contributed by atoms with van der Waals surface area (Å²) >= 11 is 1.37. The van der Waals surface area contributed by atoms with Gasteiger partial charge in [0.1, 0.15) is 10.7 Å². The molecule has 0 fully saturated rings. The second-order valence-electron chi connectivity index (χ2n) is 4.42. The maximum atomic E-state index is 12.1. The molecule has 0 radical (unpaired) electrons. The lowest BCUT2D eigenvalue weighted by molar-refractivity contribution is 0.102. The summed E-state index contributed by atoms with van der Waals surface area (Å²) in [5.41, 5.74) is 7.75. The number of imidazole rings is 1. The topological polar surface area (TPSA) is 96.7 Å². The average Bonchev–Trinajstić information content (AvgIpc) is 3.04. The molecule has 7 heteroatoms. The van der Waals surface area contributed by atoms with Crippen molar-refractivity contribution >= 4 is 34.2 Å². The smallest absolute Gasteiger partial charge is 0.277 e. The van der Waals surface area contributed by atoms with Gasteiger partial charge in [-0.2, -0.15) is 0 Å². The Morgan fingerprint density at radius 2 is 2.20 bits per heavy atom. The third kappa shape index (κ3) is 2.40. The van der Waals surface area contributed by atoms with Crippen LogP contribution in [0.5, 0.6) is 0 Å². The van der Waals surface area contributed by atoms with Crippen LogP contribution in [0.1, 0.15) is 28.5 Å². The fourth-order valence-corrected chi connectivity index (χ4v) is 2.54. The number of nitrogens with zero attached hydrogens (tertiary/aromatic N) is 2. The van der Waals surface area contributed by atoms with Crippen molar-refractivity contribution in [2.75, 3.05) is 5.32 Å². The number of nitrogens with two attached hydrogens (primary N) is 1. The van der Waals surface area contributed by atoms with E-state index in [4.69, 9.17) is 5.73 Å². The fraction of sp³-hybridized carbons (Fsp3) is 0.154. The Morgan fingerprint density at radius 1 is 1.40 bits per heavy atom. The Morgan fingerprint density at radius 3 is 2.90 bits per heavy atom. The van der Waals surface area contributed by atoms with Crippen molar-refractivity contribution in [3.63, 3.8) is 0 Å². The molecule has 0 aliphatic rings. The number of anilines is 1. The highest BCUT2D eigenvalue weighted by Crippen LogP contribution is 2.17. The quantitative estimate of drug-likeness (QED) is 0.688. The van der Waals surface area contributed by atoms with E-state index < -0.39 is 0 Å². The maximum Gasteiger partial charge on any atom is 0.277 e. The van der Waals surface area contributed by atoms with Crippen LogP contribution < -0.4 is 11.1 Å². The first kappa shape index (κ1) is 12.8. The molecule has 102 valence electrons. The number of aromatic nitrogens is 3. The molecule has 3 aromatic rings. The van der Waals surface area contributed by atoms with E-state index in [0.29, 0.717) is 11.6 Å². The SMILES string of the molecule is CC(N)c1nc(C(=O)Nc2nc3ccccc3[nH]2)cs1. The van der Waals surface area contributed by atoms with Crippen molar-refractivity contribution < 1.29 is 4.79 Å². The number of para-hydroxylation sites is 2. The van der Waals surface area contributed by atoms with Gasteiger partial charge < -0.3 is 10.7 Å². The lowest BCUT2D eigenvalue weighted by Gasteiger charge is -1.99. The summed E-state index contributed by atoms with van der Waals surface area (Å²) in [6.45, 7) is 1.83. The van der Waals surface area contributed by atoms with Gasteiger partial charge in [-0.1, -0.05) is 12.1 Å². The maximum absolute atomic E-state index is 12.1. The Kier molecular flexibility index (Phi) is 3.21. The van der Waals surface area contributed by atoms with Gasteiger partial charge in [-0.05, 0) is 19.1 Å². The van der Waals surface area contributed by atoms with Gasteiger partial charge in [0.2, 0.25) is 5.95 Å². The van der Waals surface area contributed by atoms with E-state index in [1.807, 2.05) is 31.2 Å². The van der Waals surface area contributed by atoms with Crippen molar-refractivity contribution in [1.29, 1.82) is 0 Å². The van der Waals surface area contributed by atoms with Crippen LogP contribution >= 0.6 is 11.3 Å². The number of carbonyl (C=O) groups is 1. The first-order valence-electron chi connectivity index (χ1n) is 6.10. The van der Waals surface area contributed by atoms with Crippen LogP contribution in [0.2, 0.25) is 0 Å². The highest BCUT2D eigenvalue weighted by molar-refractivity contribution is 7.09. The zero-order valence-electron chi connectivity index (χ0n) is 10.8. The van der Waals surface area contributed by atoms with Crippen molar-refractivity contribution in [2.45, 2.75) is 13.0 Å². The van der Waals surface area contributed by atoms with Crippen LogP contribution in [0, 0.1) is 0 Å². The number of hydrogen-bond donors (Lipinski definition) is 3. The van der Waals surface area contributed by atoms with Crippen LogP contribution in [0.4, 0.5) is 5.95 Å². The molecule has 1 aromatic carbocycles. The normalized spacial score (nSPS) is 12.5. The van der Waals surface area contributed by atoms with Crippen LogP contribution in [0.3, 0.4) is 0 Å². The zero-order valence-corrected chi connectivity index (χ0v) is 11.6. The standard InChI is InChI=1S/C13H13N5OS/c1-7(14)12-15-10(6-20-12)11(19)18-13-16-8-4-2-3-5-9(8)17-13/h2-7H,14H2,1H3,(H2,16,17,18,19). The fourth-order valence-electron chi connectivity index (χ4n) is 1.78. The second kappa shape index (κ2) is 5.03. The Balaban J connectivity index is 1.80. The minimum atomic E-state index is -0.299. The number of benzene rings is 1. The average molecular weight is 287 g/mol. The summed E-state index contributed by atoms with van der Waals surface area (Å²) in [5, 5.41) is 5.12. The molecule has 2 aromatic heterocycles. The van der Waals surface area contributed by atoms with Gasteiger partial charge in [0.05, 0.1) is 17.1 Å². The molecule has 0 spiro atoms. The molecular formula is C13H13N5OS. The molecule has 2 heterocycles. The van der Waals surface area contributed by atoms with Gasteiger partial charge in [0, 0.05) is 5.38 Å². The van der Waals surface area contributed by atoms with Crippen LogP contribution in [-0.2, 0) is 0 Å². The van der Waals surface area contributed by atoms with E-state index in [9.17, 15) is 4.79 Å². The third-order valence-corrected chi connectivity index (χ3v) is 3.81. The summed E-state index contributed by atoms with van der Waals surface area (Å²) in [5.74, 6) is 0.110. The molecule has 1 unspecified atom stereocenters. The molecule has 0 saturated heterocycles. The van der Waals surface area contributed by atoms with E-state index in [2.05, 4.69) is 20.3 Å². The van der Waals surface area contributed by atoms with Gasteiger partial charge in [-0.25, -0.2) is 9.97 Å². The van der Waals surface area contributed by atoms with Crippen molar-refractivity contribution in [3.05, 3.63) is 40.3 Å². The number of H-pyrrole nitrogens is 1. The van der Waals surface area contributed by atoms with Gasteiger partial charge in [0.15, 0.2) is 0 Å². The van der Waals surface area contributed by atoms with Crippen LogP contribution in [0.15, 0.2) is 29.6 Å². The predicted octanol–water partition coefficient (Wildman–Crippen LogP) is 2.29. The van der Waals surface area contributed by atoms with Crippen molar-refractivity contribution in [2.24, 2.45) is 5.73 Å². The number of hydrogen-bond acceptors (Lipinski definition) is 5. The summed E-state index contributed by atoms with van der Waals surface area (Å²) in [7, 11) is 0. The molecule has 3 rings (SSSR count). The predicted molar refractivity (Wildman–Crippen MR) is 78.8 cm³/mol. The van der Waals surface area contributed by atoms with Gasteiger partial charge >= 0.3 is 0 Å². The van der Waals surface area contributed by atoms with Crippen molar-refractivity contribution in [1.82, 2.24) is 15.0 Å². The minimum absolute atomic E-state index is 0.173. The molecule has 0 bridgehead atoms. The first-order valence-corrected chi connectivity index (χ1v) is 6.98. The molecule has 0 aliphatic heterocycles. The Bertz CT molecular complexity index is 728. The van der Waals surface area contributed by atoms with E-state index in [1.54, 1.807) is 5.38 Å². The molecule has 1 amide bonds. The summed E-state index contributed by atoms with van der Waals surface area (Å²) in [6.07, 6.45) is 0. The molecule has 4 N–H and O–H groups in total. The molecule has 0 saturated carbocycles. The third-order valence-electron chi connectivity index (χ3n) is 2.77. The highest BCUT2D eigenvalue weighted by Gasteiger charge is 2.14. The number of fused-ring (bicyclic) bond motifs is 1. The zero-order chi connectivity index (χ0) is 14.1. The van der Waals surface area contributed by atoms with Gasteiger partial charge in [-0.3, -0.25) is 10.1 Å². The van der Waals surface area contributed by atoms with E-state index in [0.717, 1.165) is 16.0 Å². The molecule has 6 nitrogen and oxygen atoms in total. The number of nitrogens with one attached hydrogen (secondary N) is 2. The Labute approximate surface area is 119 Å². The number of thiazole rings is 1. The number of amides is 1. The van der Waals surface area contributed by atoms with Crippen molar-refractivity contribution in [3.8, 4) is 0 Å². The van der Waals surface area contributed by atoms with E-state index in [1.165, 1.54) is 11.3 Å². The van der Waals surface area contributed by atoms with E-state index >= 15 is 0 Å². The lowest BCUT2D eigenvalue weighted by Crippen LogP contribution is -2.14. The number of carbonyl (C=O) groups excluding carboxylic acids is 1. The minimum Gasteiger partial charge on any atom is -0.324 e. The molecule has 0 aliphatic carbocycles. The van der Waals surface area contributed by atoms with E-state index in [-0.39, 0.29) is 11.9 Å². The number of aromatic amines is 1. The van der Waals surface area contributed by atoms with Crippen LogP contribution in [0.25, 0.3) is 11.0 Å². The van der Waals surface area contributed by atoms with Gasteiger partial charge in [-0.15, -0.1) is 11.3 Å². The van der Waals surface area contributed by atoms with Gasteiger partial charge in [0.25, 0.3) is 5.91 Å². The summed E-state index contributed by atoms with van der Waals surface area (Å²) < 4.78 is 0. The molecule has 20 heavy (non-hydrogen) atoms.